The summed E-state index contributed by atoms with van der Waals surface area (Å²) < 4.78 is 4.84. The predicted octanol–water partition coefficient (Wildman–Crippen LogP) is 4.28. The van der Waals surface area contributed by atoms with Crippen molar-refractivity contribution in [2.24, 2.45) is 11.0 Å². The standard InChI is InChI=1S/C7H13IN2S.C6H13NO2/c8-11-10-9-6-7-4-2-1-3-5-7;1-6(2,3)9-5(8)7-4/h6-7,10H,1-5H2;1-4H3,(H,7,8)/b9-6+;. The van der Waals surface area contributed by atoms with Crippen molar-refractivity contribution in [2.45, 2.75) is 58.5 Å². The lowest BCUT2D eigenvalue weighted by molar-refractivity contribution is 0.0541. The molecule has 0 bridgehead atoms. The van der Waals surface area contributed by atoms with Crippen LogP contribution in [-0.2, 0) is 4.74 Å². The first-order valence-electron chi connectivity index (χ1n) is 6.85. The first-order valence-corrected chi connectivity index (χ1v) is 10.2. The number of ether oxygens (including phenoxy) is 1. The Hall–Kier alpha value is -0.180. The molecular formula is C13H26IN3O2S. The molecule has 0 atom stereocenters. The van der Waals surface area contributed by atoms with Gasteiger partial charge in [-0.25, -0.2) is 9.63 Å². The van der Waals surface area contributed by atoms with Gasteiger partial charge in [-0.15, -0.1) is 0 Å². The van der Waals surface area contributed by atoms with Crippen LogP contribution in [0.25, 0.3) is 0 Å². The molecule has 1 aliphatic rings. The average molecular weight is 415 g/mol. The molecule has 0 aliphatic heterocycles. The van der Waals surface area contributed by atoms with E-state index < -0.39 is 0 Å². The second kappa shape index (κ2) is 11.5. The van der Waals surface area contributed by atoms with E-state index in [0.717, 1.165) is 5.92 Å². The molecule has 0 aromatic rings. The third kappa shape index (κ3) is 12.8. The number of halogens is 1. The average Bonchev–Trinajstić information content (AvgIpc) is 2.39. The Morgan fingerprint density at radius 1 is 1.35 bits per heavy atom. The Labute approximate surface area is 138 Å². The molecule has 1 saturated carbocycles. The summed E-state index contributed by atoms with van der Waals surface area (Å²) >= 11 is 2.17. The van der Waals surface area contributed by atoms with Crippen LogP contribution in [-0.4, -0.2) is 25.0 Å². The molecule has 7 heteroatoms. The number of amides is 1. The van der Waals surface area contributed by atoms with E-state index in [0.29, 0.717) is 0 Å². The largest absolute Gasteiger partial charge is 0.444 e. The van der Waals surface area contributed by atoms with Gasteiger partial charge in [-0.1, -0.05) is 19.3 Å². The number of hydrazone groups is 1. The molecule has 0 aromatic heterocycles. The molecule has 1 amide bonds. The molecule has 0 saturated heterocycles. The van der Waals surface area contributed by atoms with Gasteiger partial charge in [0.1, 0.15) is 5.60 Å². The third-order valence-electron chi connectivity index (χ3n) is 2.63. The summed E-state index contributed by atoms with van der Waals surface area (Å²) in [7, 11) is 3.05. The van der Waals surface area contributed by atoms with Crippen molar-refractivity contribution in [3.63, 3.8) is 0 Å². The van der Waals surface area contributed by atoms with Gasteiger partial charge in [0.2, 0.25) is 0 Å². The molecule has 0 aromatic carbocycles. The Bertz CT molecular complexity index is 290. The SMILES string of the molecule is CNC(=O)OC(C)(C)C.ISN/N=C/C1CCCCC1. The van der Waals surface area contributed by atoms with Gasteiger partial charge in [-0.3, -0.25) is 0 Å². The lowest BCUT2D eigenvalue weighted by atomic mass is 9.90. The van der Waals surface area contributed by atoms with E-state index in [1.165, 1.54) is 48.3 Å². The highest BCUT2D eigenvalue weighted by atomic mass is 127. The van der Waals surface area contributed by atoms with E-state index in [4.69, 9.17) is 4.74 Å². The normalized spacial score (nSPS) is 16.2. The molecule has 118 valence electrons. The summed E-state index contributed by atoms with van der Waals surface area (Å²) in [6.07, 6.45) is 8.52. The van der Waals surface area contributed by atoms with Crippen molar-refractivity contribution in [3.05, 3.63) is 0 Å². The minimum Gasteiger partial charge on any atom is -0.444 e. The van der Waals surface area contributed by atoms with Crippen molar-refractivity contribution >= 4 is 42.6 Å². The number of hydrogen-bond acceptors (Lipinski definition) is 5. The molecule has 0 heterocycles. The maximum Gasteiger partial charge on any atom is 0.407 e. The molecule has 1 rings (SSSR count). The van der Waals surface area contributed by atoms with Crippen LogP contribution in [0.1, 0.15) is 52.9 Å². The van der Waals surface area contributed by atoms with Crippen molar-refractivity contribution in [3.8, 4) is 0 Å². The number of carbonyl (C=O) groups is 1. The second-order valence-electron chi connectivity index (χ2n) is 5.60. The zero-order chi connectivity index (χ0) is 15.4. The van der Waals surface area contributed by atoms with Crippen LogP contribution in [0, 0.1) is 5.92 Å². The van der Waals surface area contributed by atoms with Gasteiger partial charge < -0.3 is 10.1 Å². The molecular weight excluding hydrogens is 389 g/mol. The fourth-order valence-electron chi connectivity index (χ4n) is 1.77. The second-order valence-corrected chi connectivity index (χ2v) is 7.25. The van der Waals surface area contributed by atoms with Gasteiger partial charge in [0.25, 0.3) is 0 Å². The first-order chi connectivity index (χ1) is 9.39. The maximum atomic E-state index is 10.5. The predicted molar refractivity (Wildman–Crippen MR) is 95.1 cm³/mol. The van der Waals surface area contributed by atoms with Crippen LogP contribution >= 0.6 is 30.3 Å². The first kappa shape index (κ1) is 19.8. The number of nitrogens with zero attached hydrogens (tertiary/aromatic N) is 1. The van der Waals surface area contributed by atoms with Crippen LogP contribution in [0.5, 0.6) is 0 Å². The highest BCUT2D eigenvalue weighted by Gasteiger charge is 2.14. The minimum atomic E-state index is -0.389. The van der Waals surface area contributed by atoms with E-state index in [1.807, 2.05) is 20.8 Å². The highest BCUT2D eigenvalue weighted by Crippen LogP contribution is 2.21. The Morgan fingerprint density at radius 2 is 1.95 bits per heavy atom. The molecule has 1 fully saturated rings. The van der Waals surface area contributed by atoms with Gasteiger partial charge in [0, 0.05) is 43.6 Å². The quantitative estimate of drug-likeness (QED) is 0.313. The van der Waals surface area contributed by atoms with E-state index in [1.54, 1.807) is 0 Å². The van der Waals surface area contributed by atoms with Gasteiger partial charge >= 0.3 is 6.09 Å². The fraction of sp³-hybridized carbons (Fsp3) is 0.846. The van der Waals surface area contributed by atoms with Crippen LogP contribution in [0.15, 0.2) is 5.10 Å². The van der Waals surface area contributed by atoms with Crippen molar-refractivity contribution < 1.29 is 9.53 Å². The minimum absolute atomic E-state index is 0.387. The summed E-state index contributed by atoms with van der Waals surface area (Å²) in [6, 6.07) is 0. The molecule has 2 N–H and O–H groups in total. The maximum absolute atomic E-state index is 10.5. The molecule has 1 aliphatic carbocycles. The van der Waals surface area contributed by atoms with Crippen molar-refractivity contribution in [1.29, 1.82) is 0 Å². The number of alkyl carbamates (subject to hydrolysis) is 1. The summed E-state index contributed by atoms with van der Waals surface area (Å²) in [5.41, 5.74) is -0.389. The lowest BCUT2D eigenvalue weighted by Crippen LogP contribution is -2.30. The van der Waals surface area contributed by atoms with Crippen molar-refractivity contribution in [2.75, 3.05) is 7.05 Å². The van der Waals surface area contributed by atoms with Gasteiger partial charge in [0.15, 0.2) is 0 Å². The van der Waals surface area contributed by atoms with Gasteiger partial charge in [0.05, 0.1) is 0 Å². The van der Waals surface area contributed by atoms with Crippen molar-refractivity contribution in [1.82, 2.24) is 10.1 Å². The third-order valence-corrected chi connectivity index (χ3v) is 3.39. The molecule has 0 unspecified atom stereocenters. The zero-order valence-electron chi connectivity index (χ0n) is 12.7. The topological polar surface area (TPSA) is 62.7 Å². The van der Waals surface area contributed by atoms with Crippen LogP contribution in [0.4, 0.5) is 4.79 Å². The summed E-state index contributed by atoms with van der Waals surface area (Å²) in [5, 5.41) is 6.45. The summed E-state index contributed by atoms with van der Waals surface area (Å²) in [4.78, 5) is 13.4. The smallest absolute Gasteiger partial charge is 0.407 e. The molecule has 0 spiro atoms. The molecule has 5 nitrogen and oxygen atoms in total. The molecule has 20 heavy (non-hydrogen) atoms. The van der Waals surface area contributed by atoms with Gasteiger partial charge in [-0.2, -0.15) is 5.10 Å². The Morgan fingerprint density at radius 3 is 2.35 bits per heavy atom. The summed E-state index contributed by atoms with van der Waals surface area (Å²) in [6.45, 7) is 5.46. The van der Waals surface area contributed by atoms with E-state index in [-0.39, 0.29) is 11.7 Å². The van der Waals surface area contributed by atoms with E-state index >= 15 is 0 Å². The number of hydrogen-bond donors (Lipinski definition) is 2. The highest BCUT2D eigenvalue weighted by molar-refractivity contribution is 14.2. The van der Waals surface area contributed by atoms with Crippen LogP contribution < -0.4 is 10.1 Å². The Balaban J connectivity index is 0.000000370. The number of carbonyl (C=O) groups excluding carboxylic acids is 1. The van der Waals surface area contributed by atoms with E-state index in [2.05, 4.69) is 42.7 Å². The molecule has 0 radical (unpaired) electrons. The number of rotatable bonds is 3. The van der Waals surface area contributed by atoms with E-state index in [9.17, 15) is 4.79 Å². The fourth-order valence-corrected chi connectivity index (χ4v) is 2.21. The Kier molecular flexibility index (Phi) is 11.4. The van der Waals surface area contributed by atoms with Crippen LogP contribution in [0.2, 0.25) is 0 Å². The lowest BCUT2D eigenvalue weighted by Gasteiger charge is -2.18. The zero-order valence-corrected chi connectivity index (χ0v) is 15.7. The summed E-state index contributed by atoms with van der Waals surface area (Å²) in [5.74, 6) is 0.736. The monoisotopic (exact) mass is 415 g/mol. The number of nitrogens with one attached hydrogen (secondary N) is 2. The van der Waals surface area contributed by atoms with Crippen LogP contribution in [0.3, 0.4) is 0 Å². The van der Waals surface area contributed by atoms with Gasteiger partial charge in [-0.05, 0) is 39.5 Å².